The molecule has 0 unspecified atom stereocenters. The van der Waals surface area contributed by atoms with Gasteiger partial charge in [-0.25, -0.2) is 13.1 Å². The van der Waals surface area contributed by atoms with Crippen molar-refractivity contribution in [1.82, 2.24) is 20.2 Å². The maximum atomic E-state index is 11.9. The van der Waals surface area contributed by atoms with Crippen LogP contribution in [0.15, 0.2) is 34.0 Å². The lowest BCUT2D eigenvalue weighted by molar-refractivity contribution is 0.411. The maximum absolute atomic E-state index is 11.9. The molecule has 0 saturated heterocycles. The molecule has 0 fully saturated rings. The van der Waals surface area contributed by atoms with E-state index in [2.05, 4.69) is 24.7 Å². The van der Waals surface area contributed by atoms with Crippen LogP contribution in [0.25, 0.3) is 0 Å². The Hall–Kier alpha value is -1.64. The smallest absolute Gasteiger partial charge is 0.242 e. The third-order valence-electron chi connectivity index (χ3n) is 2.33. The summed E-state index contributed by atoms with van der Waals surface area (Å²) in [6.45, 7) is 0.685. The largest absolute Gasteiger partial charge is 0.364 e. The SMILES string of the molecule is CNCc1cc(S(=O)(=O)NCc2ccon2)c[nH]1. The highest BCUT2D eigenvalue weighted by Gasteiger charge is 2.16. The molecular formula is C10H14N4O3S. The quantitative estimate of drug-likeness (QED) is 0.696. The molecule has 0 aliphatic rings. The zero-order valence-corrected chi connectivity index (χ0v) is 10.6. The third kappa shape index (κ3) is 2.97. The summed E-state index contributed by atoms with van der Waals surface area (Å²) in [4.78, 5) is 3.10. The predicted molar refractivity (Wildman–Crippen MR) is 64.1 cm³/mol. The molecule has 0 aliphatic heterocycles. The number of sulfonamides is 1. The molecule has 0 radical (unpaired) electrons. The lowest BCUT2D eigenvalue weighted by Gasteiger charge is -2.01. The fraction of sp³-hybridized carbons (Fsp3) is 0.300. The second kappa shape index (κ2) is 5.34. The van der Waals surface area contributed by atoms with E-state index in [1.54, 1.807) is 19.2 Å². The third-order valence-corrected chi connectivity index (χ3v) is 3.71. The van der Waals surface area contributed by atoms with Crippen molar-refractivity contribution < 1.29 is 12.9 Å². The molecule has 0 aromatic carbocycles. The van der Waals surface area contributed by atoms with E-state index in [1.807, 2.05) is 0 Å². The van der Waals surface area contributed by atoms with Crippen LogP contribution in [0.3, 0.4) is 0 Å². The second-order valence-electron chi connectivity index (χ2n) is 3.71. The van der Waals surface area contributed by atoms with Gasteiger partial charge in [-0.15, -0.1) is 0 Å². The van der Waals surface area contributed by atoms with Crippen LogP contribution in [0.5, 0.6) is 0 Å². The van der Waals surface area contributed by atoms with Crippen molar-refractivity contribution in [2.24, 2.45) is 0 Å². The summed E-state index contributed by atoms with van der Waals surface area (Å²) in [5, 5.41) is 6.56. The summed E-state index contributed by atoms with van der Waals surface area (Å²) in [6, 6.07) is 3.19. The number of nitrogens with one attached hydrogen (secondary N) is 3. The minimum atomic E-state index is -3.52. The predicted octanol–water partition coefficient (Wildman–Crippen LogP) is 0.201. The Morgan fingerprint density at radius 1 is 1.44 bits per heavy atom. The average Bonchev–Trinajstić information content (AvgIpc) is 2.98. The van der Waals surface area contributed by atoms with Crippen molar-refractivity contribution in [2.45, 2.75) is 18.0 Å². The minimum absolute atomic E-state index is 0.103. The molecule has 7 nitrogen and oxygen atoms in total. The molecule has 0 amide bonds. The van der Waals surface area contributed by atoms with Gasteiger partial charge in [-0.3, -0.25) is 0 Å². The minimum Gasteiger partial charge on any atom is -0.364 e. The molecule has 8 heteroatoms. The summed E-state index contributed by atoms with van der Waals surface area (Å²) >= 11 is 0. The first-order chi connectivity index (χ1) is 8.62. The highest BCUT2D eigenvalue weighted by atomic mass is 32.2. The number of rotatable bonds is 6. The Morgan fingerprint density at radius 3 is 2.94 bits per heavy atom. The first kappa shape index (κ1) is 12.8. The van der Waals surface area contributed by atoms with Gasteiger partial charge in [0.1, 0.15) is 6.26 Å². The Morgan fingerprint density at radius 2 is 2.28 bits per heavy atom. The van der Waals surface area contributed by atoms with Crippen LogP contribution >= 0.6 is 0 Å². The lowest BCUT2D eigenvalue weighted by Crippen LogP contribution is -2.23. The van der Waals surface area contributed by atoms with E-state index >= 15 is 0 Å². The van der Waals surface area contributed by atoms with Gasteiger partial charge in [-0.1, -0.05) is 5.16 Å². The van der Waals surface area contributed by atoms with E-state index in [1.165, 1.54) is 12.5 Å². The van der Waals surface area contributed by atoms with Crippen molar-refractivity contribution in [2.75, 3.05) is 7.05 Å². The Balaban J connectivity index is 2.05. The summed E-state index contributed by atoms with van der Waals surface area (Å²) in [5.41, 5.74) is 1.34. The van der Waals surface area contributed by atoms with Crippen LogP contribution < -0.4 is 10.0 Å². The number of aromatic nitrogens is 2. The Bertz CT molecular complexity index is 588. The van der Waals surface area contributed by atoms with Crippen LogP contribution in [0, 0.1) is 0 Å². The van der Waals surface area contributed by atoms with E-state index in [0.29, 0.717) is 12.2 Å². The summed E-state index contributed by atoms with van der Waals surface area (Å²) < 4.78 is 30.9. The van der Waals surface area contributed by atoms with E-state index in [9.17, 15) is 8.42 Å². The van der Waals surface area contributed by atoms with Gasteiger partial charge in [0.05, 0.1) is 17.1 Å². The van der Waals surface area contributed by atoms with Gasteiger partial charge in [-0.2, -0.15) is 0 Å². The Kier molecular flexibility index (Phi) is 3.80. The zero-order chi connectivity index (χ0) is 13.0. The van der Waals surface area contributed by atoms with Gasteiger partial charge in [-0.05, 0) is 13.1 Å². The average molecular weight is 270 g/mol. The molecule has 2 heterocycles. The number of nitrogens with zero attached hydrogens (tertiary/aromatic N) is 1. The summed E-state index contributed by atoms with van der Waals surface area (Å²) in [5.74, 6) is 0. The summed E-state index contributed by atoms with van der Waals surface area (Å²) in [7, 11) is -1.74. The molecule has 0 bridgehead atoms. The van der Waals surface area contributed by atoms with Crippen LogP contribution in [0.4, 0.5) is 0 Å². The van der Waals surface area contributed by atoms with Crippen LogP contribution in [-0.2, 0) is 23.1 Å². The molecular weight excluding hydrogens is 256 g/mol. The van der Waals surface area contributed by atoms with Gasteiger partial charge in [0.2, 0.25) is 10.0 Å². The molecule has 18 heavy (non-hydrogen) atoms. The van der Waals surface area contributed by atoms with E-state index in [-0.39, 0.29) is 11.4 Å². The van der Waals surface area contributed by atoms with Crippen LogP contribution in [0.2, 0.25) is 0 Å². The highest BCUT2D eigenvalue weighted by molar-refractivity contribution is 7.89. The van der Waals surface area contributed by atoms with Gasteiger partial charge in [0.15, 0.2) is 0 Å². The molecule has 0 saturated carbocycles. The van der Waals surface area contributed by atoms with Crippen LogP contribution in [0.1, 0.15) is 11.4 Å². The van der Waals surface area contributed by atoms with Gasteiger partial charge in [0.25, 0.3) is 0 Å². The second-order valence-corrected chi connectivity index (χ2v) is 5.47. The standard InChI is InChI=1S/C10H14N4O3S/c1-11-5-9-4-10(7-12-9)18(15,16)13-6-8-2-3-17-14-8/h2-4,7,11-13H,5-6H2,1H3. The van der Waals surface area contributed by atoms with Crippen molar-refractivity contribution in [3.8, 4) is 0 Å². The lowest BCUT2D eigenvalue weighted by atomic mass is 10.4. The van der Waals surface area contributed by atoms with Crippen molar-refractivity contribution >= 4 is 10.0 Å². The molecule has 0 spiro atoms. The normalized spacial score (nSPS) is 11.8. The van der Waals surface area contributed by atoms with Gasteiger partial charge < -0.3 is 14.8 Å². The number of hydrogen-bond acceptors (Lipinski definition) is 5. The van der Waals surface area contributed by atoms with Crippen molar-refractivity contribution in [1.29, 1.82) is 0 Å². The van der Waals surface area contributed by atoms with Crippen LogP contribution in [-0.4, -0.2) is 25.6 Å². The number of aromatic amines is 1. The number of hydrogen-bond donors (Lipinski definition) is 3. The van der Waals surface area contributed by atoms with Gasteiger partial charge in [0, 0.05) is 24.5 Å². The van der Waals surface area contributed by atoms with E-state index < -0.39 is 10.0 Å². The van der Waals surface area contributed by atoms with Crippen molar-refractivity contribution in [3.05, 3.63) is 36.0 Å². The highest BCUT2D eigenvalue weighted by Crippen LogP contribution is 2.11. The molecule has 2 aromatic heterocycles. The molecule has 0 atom stereocenters. The molecule has 3 N–H and O–H groups in total. The first-order valence-electron chi connectivity index (χ1n) is 5.32. The fourth-order valence-electron chi connectivity index (χ4n) is 1.45. The van der Waals surface area contributed by atoms with Gasteiger partial charge >= 0.3 is 0 Å². The topological polar surface area (TPSA) is 100 Å². The van der Waals surface area contributed by atoms with E-state index in [4.69, 9.17) is 0 Å². The molecule has 2 rings (SSSR count). The zero-order valence-electron chi connectivity index (χ0n) is 9.80. The summed E-state index contributed by atoms with van der Waals surface area (Å²) in [6.07, 6.45) is 2.85. The fourth-order valence-corrected chi connectivity index (χ4v) is 2.46. The Labute approximate surface area is 105 Å². The monoisotopic (exact) mass is 270 g/mol. The molecule has 98 valence electrons. The first-order valence-corrected chi connectivity index (χ1v) is 6.81. The molecule has 0 aliphatic carbocycles. The van der Waals surface area contributed by atoms with E-state index in [0.717, 1.165) is 5.69 Å². The number of H-pyrrole nitrogens is 1. The maximum Gasteiger partial charge on any atom is 0.242 e. The molecule has 2 aromatic rings. The van der Waals surface area contributed by atoms with Crippen molar-refractivity contribution in [3.63, 3.8) is 0 Å².